The highest BCUT2D eigenvalue weighted by atomic mass is 16.5. The van der Waals surface area contributed by atoms with E-state index in [0.29, 0.717) is 6.61 Å². The van der Waals surface area contributed by atoms with Crippen LogP contribution in [0.5, 0.6) is 0 Å². The molecule has 0 radical (unpaired) electrons. The van der Waals surface area contributed by atoms with E-state index < -0.39 is 5.97 Å². The van der Waals surface area contributed by atoms with Gasteiger partial charge in [0.15, 0.2) is 0 Å². The van der Waals surface area contributed by atoms with Gasteiger partial charge in [-0.05, 0) is 36.3 Å². The van der Waals surface area contributed by atoms with Crippen molar-refractivity contribution in [1.29, 1.82) is 0 Å². The van der Waals surface area contributed by atoms with Crippen LogP contribution in [-0.2, 0) is 16.1 Å². The summed E-state index contributed by atoms with van der Waals surface area (Å²) in [5.41, 5.74) is 2.36. The lowest BCUT2D eigenvalue weighted by molar-refractivity contribution is -0.137. The Morgan fingerprint density at radius 1 is 0.964 bits per heavy atom. The van der Waals surface area contributed by atoms with E-state index in [1.807, 2.05) is 49.4 Å². The Morgan fingerprint density at radius 2 is 1.61 bits per heavy atom. The summed E-state index contributed by atoms with van der Waals surface area (Å²) in [6.07, 6.45) is 11.3. The van der Waals surface area contributed by atoms with Gasteiger partial charge in [0.2, 0.25) is 0 Å². The van der Waals surface area contributed by atoms with Crippen molar-refractivity contribution in [3.63, 3.8) is 0 Å². The first kappa shape index (κ1) is 21.6. The zero-order chi connectivity index (χ0) is 20.0. The number of allylic oxidation sites excluding steroid dienone is 3. The summed E-state index contributed by atoms with van der Waals surface area (Å²) in [6, 6.07) is 20.5. The maximum absolute atomic E-state index is 10.7. The van der Waals surface area contributed by atoms with Gasteiger partial charge in [0.25, 0.3) is 0 Å². The predicted octanol–water partition coefficient (Wildman–Crippen LogP) is 6.34. The second kappa shape index (κ2) is 12.7. The highest BCUT2D eigenvalue weighted by Crippen LogP contribution is 2.23. The monoisotopic (exact) mass is 378 g/mol. The normalized spacial score (nSPS) is 13.8. The number of hydrogen-bond acceptors (Lipinski definition) is 2. The molecule has 1 N–H and O–H groups in total. The maximum Gasteiger partial charge on any atom is 0.303 e. The molecule has 3 nitrogen and oxygen atoms in total. The van der Waals surface area contributed by atoms with E-state index in [0.717, 1.165) is 19.3 Å². The zero-order valence-corrected chi connectivity index (χ0v) is 16.5. The minimum atomic E-state index is -0.750. The molecule has 2 atom stereocenters. The second-order valence-corrected chi connectivity index (χ2v) is 6.98. The first-order valence-corrected chi connectivity index (χ1v) is 9.89. The van der Waals surface area contributed by atoms with E-state index >= 15 is 0 Å². The van der Waals surface area contributed by atoms with Crippen molar-refractivity contribution in [3.8, 4) is 0 Å². The van der Waals surface area contributed by atoms with Gasteiger partial charge in [-0.3, -0.25) is 4.79 Å². The smallest absolute Gasteiger partial charge is 0.303 e. The van der Waals surface area contributed by atoms with Crippen LogP contribution in [-0.4, -0.2) is 11.1 Å². The number of carboxylic acid groups (broad SMARTS) is 1. The Balaban J connectivity index is 1.81. The molecule has 0 aliphatic carbocycles. The van der Waals surface area contributed by atoms with Crippen molar-refractivity contribution < 1.29 is 14.6 Å². The van der Waals surface area contributed by atoms with Crippen molar-refractivity contribution in [2.75, 3.05) is 0 Å². The fourth-order valence-corrected chi connectivity index (χ4v) is 2.94. The summed E-state index contributed by atoms with van der Waals surface area (Å²) in [7, 11) is 0. The molecule has 0 spiro atoms. The molecular formula is C25H30O3. The van der Waals surface area contributed by atoms with Crippen LogP contribution in [0.25, 0.3) is 0 Å². The summed E-state index contributed by atoms with van der Waals surface area (Å²) in [5.74, 6) is -0.671. The fourth-order valence-electron chi connectivity index (χ4n) is 2.94. The van der Waals surface area contributed by atoms with Crippen LogP contribution in [0.2, 0.25) is 0 Å². The number of unbranched alkanes of at least 4 members (excludes halogenated alkanes) is 1. The van der Waals surface area contributed by atoms with Gasteiger partial charge in [0.05, 0.1) is 19.1 Å². The van der Waals surface area contributed by atoms with Crippen molar-refractivity contribution in [3.05, 3.63) is 96.1 Å². The van der Waals surface area contributed by atoms with Gasteiger partial charge in [-0.15, -0.1) is 0 Å². The van der Waals surface area contributed by atoms with Gasteiger partial charge >= 0.3 is 5.97 Å². The first-order chi connectivity index (χ1) is 13.6. The topological polar surface area (TPSA) is 46.5 Å². The van der Waals surface area contributed by atoms with Crippen LogP contribution in [0.3, 0.4) is 0 Å². The van der Waals surface area contributed by atoms with Gasteiger partial charge < -0.3 is 9.84 Å². The molecule has 0 fully saturated rings. The minimum Gasteiger partial charge on any atom is -0.481 e. The maximum atomic E-state index is 10.7. The highest BCUT2D eigenvalue weighted by molar-refractivity contribution is 5.67. The molecule has 0 saturated heterocycles. The first-order valence-electron chi connectivity index (χ1n) is 9.89. The van der Waals surface area contributed by atoms with Crippen LogP contribution in [0.4, 0.5) is 0 Å². The number of hydrogen-bond donors (Lipinski definition) is 1. The molecule has 148 valence electrons. The van der Waals surface area contributed by atoms with Crippen LogP contribution in [0.1, 0.15) is 49.8 Å². The molecule has 0 aromatic heterocycles. The van der Waals surface area contributed by atoms with Crippen molar-refractivity contribution >= 4 is 5.97 Å². The minimum absolute atomic E-state index is 0.0313. The number of carboxylic acids is 1. The number of benzene rings is 2. The summed E-state index contributed by atoms with van der Waals surface area (Å²) in [6.45, 7) is 2.52. The number of carbonyl (C=O) groups is 1. The van der Waals surface area contributed by atoms with Gasteiger partial charge in [0.1, 0.15) is 0 Å². The Labute approximate surface area is 168 Å². The van der Waals surface area contributed by atoms with Crippen molar-refractivity contribution in [2.45, 2.75) is 45.3 Å². The van der Waals surface area contributed by atoms with Crippen molar-refractivity contribution in [1.82, 2.24) is 0 Å². The summed E-state index contributed by atoms with van der Waals surface area (Å²) >= 11 is 0. The van der Waals surface area contributed by atoms with Gasteiger partial charge in [-0.2, -0.15) is 0 Å². The molecule has 0 aliphatic rings. The number of ether oxygens (including phenoxy) is 1. The zero-order valence-electron chi connectivity index (χ0n) is 16.5. The average molecular weight is 379 g/mol. The molecule has 3 heteroatoms. The Hall–Kier alpha value is -2.65. The standard InChI is InChI=1S/C25H30O3/c1-21(19-25(26)27)13-7-3-2-4-12-18-24(23-16-10-6-11-17-23)28-20-22-14-8-5-9-15-22/h4-17,21,24H,2-3,18-20H2,1H3,(H,26,27)/b12-4-,13-7+/t21-,24+/m0/s1. The second-order valence-electron chi connectivity index (χ2n) is 6.98. The molecule has 28 heavy (non-hydrogen) atoms. The summed E-state index contributed by atoms with van der Waals surface area (Å²) in [4.78, 5) is 10.7. The third kappa shape index (κ3) is 8.83. The molecule has 0 saturated carbocycles. The largest absolute Gasteiger partial charge is 0.481 e. The average Bonchev–Trinajstić information content (AvgIpc) is 2.70. The molecule has 0 aliphatic heterocycles. The molecule has 2 rings (SSSR count). The number of rotatable bonds is 12. The van der Waals surface area contributed by atoms with Crippen molar-refractivity contribution in [2.24, 2.45) is 5.92 Å². The van der Waals surface area contributed by atoms with E-state index in [9.17, 15) is 4.79 Å². The molecule has 2 aromatic carbocycles. The Bertz CT molecular complexity index is 735. The Morgan fingerprint density at radius 3 is 2.29 bits per heavy atom. The molecule has 0 amide bonds. The third-order valence-corrected chi connectivity index (χ3v) is 4.44. The van der Waals surface area contributed by atoms with E-state index in [1.54, 1.807) is 0 Å². The molecule has 0 bridgehead atoms. The van der Waals surface area contributed by atoms with E-state index in [-0.39, 0.29) is 18.4 Å². The molecule has 2 aromatic rings. The highest BCUT2D eigenvalue weighted by Gasteiger charge is 2.10. The van der Waals surface area contributed by atoms with Crippen LogP contribution >= 0.6 is 0 Å². The molecule has 0 unspecified atom stereocenters. The quantitative estimate of drug-likeness (QED) is 0.346. The predicted molar refractivity (Wildman–Crippen MR) is 114 cm³/mol. The van der Waals surface area contributed by atoms with Crippen LogP contribution in [0.15, 0.2) is 85.0 Å². The van der Waals surface area contributed by atoms with E-state index in [2.05, 4.69) is 42.5 Å². The summed E-state index contributed by atoms with van der Waals surface area (Å²) in [5, 5.41) is 8.76. The van der Waals surface area contributed by atoms with Gasteiger partial charge in [0, 0.05) is 0 Å². The fraction of sp³-hybridized carbons (Fsp3) is 0.320. The lowest BCUT2D eigenvalue weighted by Gasteiger charge is -2.17. The SMILES string of the molecule is C[C@@H](/C=C/CC/C=C\C[C@@H](OCc1ccccc1)c1ccccc1)CC(=O)O. The van der Waals surface area contributed by atoms with E-state index in [4.69, 9.17) is 9.84 Å². The van der Waals surface area contributed by atoms with Gasteiger partial charge in [-0.1, -0.05) is 91.9 Å². The van der Waals surface area contributed by atoms with E-state index in [1.165, 1.54) is 11.1 Å². The Kier molecular flexibility index (Phi) is 9.81. The summed E-state index contributed by atoms with van der Waals surface area (Å²) < 4.78 is 6.19. The van der Waals surface area contributed by atoms with Crippen LogP contribution in [0, 0.1) is 5.92 Å². The number of aliphatic carboxylic acids is 1. The molecule has 0 heterocycles. The lowest BCUT2D eigenvalue weighted by Crippen LogP contribution is -2.03. The van der Waals surface area contributed by atoms with Gasteiger partial charge in [-0.25, -0.2) is 0 Å². The lowest BCUT2D eigenvalue weighted by atomic mass is 10.1. The third-order valence-electron chi connectivity index (χ3n) is 4.44. The van der Waals surface area contributed by atoms with Crippen LogP contribution < -0.4 is 0 Å². The molecular weight excluding hydrogens is 348 g/mol.